The van der Waals surface area contributed by atoms with Gasteiger partial charge in [0.1, 0.15) is 0 Å². The number of carbonyl (C=O) groups excluding carboxylic acids is 1. The molecule has 2 aliphatic rings. The van der Waals surface area contributed by atoms with Crippen molar-refractivity contribution in [2.24, 2.45) is 5.92 Å². The Kier molecular flexibility index (Phi) is 4.87. The van der Waals surface area contributed by atoms with Crippen LogP contribution in [0.5, 0.6) is 0 Å². The van der Waals surface area contributed by atoms with Gasteiger partial charge >= 0.3 is 6.03 Å². The predicted molar refractivity (Wildman–Crippen MR) is 71.6 cm³/mol. The van der Waals surface area contributed by atoms with Crippen molar-refractivity contribution < 1.29 is 9.53 Å². The van der Waals surface area contributed by atoms with Gasteiger partial charge in [0, 0.05) is 19.7 Å². The van der Waals surface area contributed by atoms with Gasteiger partial charge in [-0.1, -0.05) is 12.8 Å². The van der Waals surface area contributed by atoms with Gasteiger partial charge in [0.25, 0.3) is 0 Å². The van der Waals surface area contributed by atoms with Gasteiger partial charge in [-0.05, 0) is 38.5 Å². The molecule has 0 radical (unpaired) electrons. The predicted octanol–water partition coefficient (Wildman–Crippen LogP) is 2.39. The molecule has 0 unspecified atom stereocenters. The van der Waals surface area contributed by atoms with E-state index < -0.39 is 0 Å². The molecule has 1 N–H and O–H groups in total. The molecular weight excluding hydrogens is 228 g/mol. The number of likely N-dealkylation sites (tertiary alicyclic amines) is 1. The van der Waals surface area contributed by atoms with Crippen LogP contribution in [0.4, 0.5) is 4.79 Å². The number of methoxy groups -OCH3 is 1. The molecule has 0 aromatic rings. The summed E-state index contributed by atoms with van der Waals surface area (Å²) in [5, 5.41) is 3.04. The summed E-state index contributed by atoms with van der Waals surface area (Å²) < 4.78 is 5.06. The molecule has 18 heavy (non-hydrogen) atoms. The van der Waals surface area contributed by atoms with Crippen molar-refractivity contribution in [1.82, 2.24) is 10.2 Å². The molecule has 2 fully saturated rings. The molecule has 2 amide bonds. The zero-order valence-electron chi connectivity index (χ0n) is 11.7. The van der Waals surface area contributed by atoms with Gasteiger partial charge in [0.2, 0.25) is 0 Å². The highest BCUT2D eigenvalue weighted by Crippen LogP contribution is 2.35. The summed E-state index contributed by atoms with van der Waals surface area (Å²) in [6.07, 6.45) is 7.65. The smallest absolute Gasteiger partial charge is 0.317 e. The minimum atomic E-state index is 0.0901. The van der Waals surface area contributed by atoms with Crippen molar-refractivity contribution in [1.29, 1.82) is 0 Å². The van der Waals surface area contributed by atoms with E-state index >= 15 is 0 Å². The summed E-state index contributed by atoms with van der Waals surface area (Å²) in [4.78, 5) is 14.3. The molecule has 4 nitrogen and oxygen atoms in total. The standard InChI is InChI=1S/C14H26N2O2/c1-11(10-18-2)15-14(17)16-9-5-8-13(16)12-6-3-4-7-12/h11-13H,3-10H2,1-2H3,(H,15,17)/t11-,13+/m0/s1. The van der Waals surface area contributed by atoms with Crippen LogP contribution >= 0.6 is 0 Å². The third-order valence-electron chi connectivity index (χ3n) is 4.29. The molecule has 104 valence electrons. The van der Waals surface area contributed by atoms with Crippen LogP contribution in [0.15, 0.2) is 0 Å². The molecule has 0 aromatic carbocycles. The number of urea groups is 1. The number of amides is 2. The third kappa shape index (κ3) is 3.16. The van der Waals surface area contributed by atoms with Gasteiger partial charge in [-0.25, -0.2) is 4.79 Å². The number of carbonyl (C=O) groups is 1. The van der Waals surface area contributed by atoms with Crippen molar-refractivity contribution in [2.75, 3.05) is 20.3 Å². The van der Waals surface area contributed by atoms with E-state index in [0.717, 1.165) is 18.9 Å². The Balaban J connectivity index is 1.87. The average Bonchev–Trinajstić information content (AvgIpc) is 3.00. The first-order valence-corrected chi connectivity index (χ1v) is 7.28. The molecule has 0 spiro atoms. The molecule has 0 aromatic heterocycles. The maximum atomic E-state index is 12.3. The highest BCUT2D eigenvalue weighted by atomic mass is 16.5. The number of rotatable bonds is 4. The first-order valence-electron chi connectivity index (χ1n) is 7.28. The Morgan fingerprint density at radius 1 is 1.33 bits per heavy atom. The Morgan fingerprint density at radius 3 is 2.72 bits per heavy atom. The minimum Gasteiger partial charge on any atom is -0.383 e. The van der Waals surface area contributed by atoms with Crippen LogP contribution in [0.25, 0.3) is 0 Å². The van der Waals surface area contributed by atoms with Crippen molar-refractivity contribution in [3.63, 3.8) is 0 Å². The fraction of sp³-hybridized carbons (Fsp3) is 0.929. The summed E-state index contributed by atoms with van der Waals surface area (Å²) in [6, 6.07) is 0.684. The Morgan fingerprint density at radius 2 is 2.06 bits per heavy atom. The van der Waals surface area contributed by atoms with Crippen LogP contribution in [-0.2, 0) is 4.74 Å². The van der Waals surface area contributed by atoms with Crippen molar-refractivity contribution in [2.45, 2.75) is 57.5 Å². The Hall–Kier alpha value is -0.770. The molecule has 4 heteroatoms. The van der Waals surface area contributed by atoms with E-state index in [1.54, 1.807) is 7.11 Å². The quantitative estimate of drug-likeness (QED) is 0.837. The normalized spacial score (nSPS) is 26.6. The van der Waals surface area contributed by atoms with Crippen LogP contribution in [-0.4, -0.2) is 43.3 Å². The van der Waals surface area contributed by atoms with Gasteiger partial charge in [-0.15, -0.1) is 0 Å². The summed E-state index contributed by atoms with van der Waals surface area (Å²) in [5.41, 5.74) is 0. The lowest BCUT2D eigenvalue weighted by atomic mass is 9.96. The van der Waals surface area contributed by atoms with E-state index in [0.29, 0.717) is 12.6 Å². The molecule has 1 saturated carbocycles. The van der Waals surface area contributed by atoms with E-state index in [2.05, 4.69) is 10.2 Å². The number of nitrogens with one attached hydrogen (secondary N) is 1. The summed E-state index contributed by atoms with van der Waals surface area (Å²) >= 11 is 0. The van der Waals surface area contributed by atoms with Crippen LogP contribution in [0.3, 0.4) is 0 Å². The molecule has 2 rings (SSSR count). The lowest BCUT2D eigenvalue weighted by Gasteiger charge is -2.30. The molecular formula is C14H26N2O2. The average molecular weight is 254 g/mol. The topological polar surface area (TPSA) is 41.6 Å². The summed E-state index contributed by atoms with van der Waals surface area (Å²) in [5.74, 6) is 0.746. The van der Waals surface area contributed by atoms with E-state index in [-0.39, 0.29) is 12.1 Å². The van der Waals surface area contributed by atoms with Crippen molar-refractivity contribution in [3.05, 3.63) is 0 Å². The van der Waals surface area contributed by atoms with Crippen LogP contribution in [0.2, 0.25) is 0 Å². The Bertz CT molecular complexity index is 277. The second-order valence-corrected chi connectivity index (χ2v) is 5.75. The summed E-state index contributed by atoms with van der Waals surface area (Å²) in [6.45, 7) is 3.49. The highest BCUT2D eigenvalue weighted by Gasteiger charge is 2.36. The first kappa shape index (κ1) is 13.7. The molecule has 1 heterocycles. The van der Waals surface area contributed by atoms with Crippen LogP contribution in [0.1, 0.15) is 45.4 Å². The lowest BCUT2D eigenvalue weighted by molar-refractivity contribution is 0.148. The lowest BCUT2D eigenvalue weighted by Crippen LogP contribution is -2.48. The van der Waals surface area contributed by atoms with E-state index in [9.17, 15) is 4.79 Å². The Labute approximate surface area is 110 Å². The van der Waals surface area contributed by atoms with E-state index in [4.69, 9.17) is 4.74 Å². The van der Waals surface area contributed by atoms with Crippen molar-refractivity contribution >= 4 is 6.03 Å². The fourth-order valence-corrected chi connectivity index (χ4v) is 3.46. The molecule has 0 bridgehead atoms. The van der Waals surface area contributed by atoms with Gasteiger partial charge in [0.05, 0.1) is 12.6 Å². The number of hydrogen-bond donors (Lipinski definition) is 1. The maximum Gasteiger partial charge on any atom is 0.317 e. The molecule has 2 atom stereocenters. The van der Waals surface area contributed by atoms with Gasteiger partial charge in [-0.3, -0.25) is 0 Å². The van der Waals surface area contributed by atoms with Gasteiger partial charge in [-0.2, -0.15) is 0 Å². The maximum absolute atomic E-state index is 12.3. The second-order valence-electron chi connectivity index (χ2n) is 5.75. The fourth-order valence-electron chi connectivity index (χ4n) is 3.46. The van der Waals surface area contributed by atoms with E-state index in [1.165, 1.54) is 32.1 Å². The number of ether oxygens (including phenoxy) is 1. The second kappa shape index (κ2) is 6.41. The molecule has 1 aliphatic carbocycles. The SMILES string of the molecule is COC[C@H](C)NC(=O)N1CCC[C@@H]1C1CCCC1. The van der Waals surface area contributed by atoms with Crippen LogP contribution in [0, 0.1) is 5.92 Å². The first-order chi connectivity index (χ1) is 8.72. The zero-order valence-corrected chi connectivity index (χ0v) is 11.7. The minimum absolute atomic E-state index is 0.0901. The van der Waals surface area contributed by atoms with Crippen LogP contribution < -0.4 is 5.32 Å². The van der Waals surface area contributed by atoms with Gasteiger partial charge < -0.3 is 15.0 Å². The zero-order chi connectivity index (χ0) is 13.0. The number of nitrogens with zero attached hydrogens (tertiary/aromatic N) is 1. The summed E-state index contributed by atoms with van der Waals surface area (Å²) in [7, 11) is 1.67. The van der Waals surface area contributed by atoms with E-state index in [1.807, 2.05) is 6.92 Å². The molecule has 1 saturated heterocycles. The monoisotopic (exact) mass is 254 g/mol. The third-order valence-corrected chi connectivity index (χ3v) is 4.29. The van der Waals surface area contributed by atoms with Gasteiger partial charge in [0.15, 0.2) is 0 Å². The highest BCUT2D eigenvalue weighted by molar-refractivity contribution is 5.75. The number of hydrogen-bond acceptors (Lipinski definition) is 2. The molecule has 1 aliphatic heterocycles. The largest absolute Gasteiger partial charge is 0.383 e. The van der Waals surface area contributed by atoms with Crippen molar-refractivity contribution in [3.8, 4) is 0 Å².